The topological polar surface area (TPSA) is 0 Å². The van der Waals surface area contributed by atoms with Gasteiger partial charge < -0.3 is 0 Å². The van der Waals surface area contributed by atoms with Gasteiger partial charge >= 0.3 is 0 Å². The van der Waals surface area contributed by atoms with Gasteiger partial charge in [-0.05, 0) is 28.2 Å². The van der Waals surface area contributed by atoms with Crippen molar-refractivity contribution in [1.82, 2.24) is 0 Å². The van der Waals surface area contributed by atoms with E-state index in [9.17, 15) is 0 Å². The molecule has 0 aliphatic rings. The Labute approximate surface area is 90.3 Å². The van der Waals surface area contributed by atoms with Crippen molar-refractivity contribution in [2.45, 2.75) is 6.42 Å². The summed E-state index contributed by atoms with van der Waals surface area (Å²) in [6, 6.07) is 5.40. The van der Waals surface area contributed by atoms with Crippen molar-refractivity contribution in [3.63, 3.8) is 0 Å². The molecule has 0 unspecified atom stereocenters. The number of halogens is 3. The summed E-state index contributed by atoms with van der Waals surface area (Å²) in [5, 5.41) is 1.42. The van der Waals surface area contributed by atoms with Crippen molar-refractivity contribution in [3.8, 4) is 0 Å². The van der Waals surface area contributed by atoms with Crippen LogP contribution in [-0.2, 0) is 6.42 Å². The molecule has 3 heteroatoms. The van der Waals surface area contributed by atoms with Crippen LogP contribution in [0.15, 0.2) is 29.3 Å². The van der Waals surface area contributed by atoms with Gasteiger partial charge in [0.15, 0.2) is 0 Å². The molecule has 0 aliphatic heterocycles. The molecule has 0 nitrogen and oxygen atoms in total. The maximum atomic E-state index is 5.92. The third-order valence-electron chi connectivity index (χ3n) is 1.39. The lowest BCUT2D eigenvalue weighted by atomic mass is 10.1. The summed E-state index contributed by atoms with van der Waals surface area (Å²) < 4.78 is 0.895. The van der Waals surface area contributed by atoms with E-state index in [1.165, 1.54) is 0 Å². The van der Waals surface area contributed by atoms with Gasteiger partial charge in [-0.25, -0.2) is 0 Å². The Kier molecular flexibility index (Phi) is 3.63. The van der Waals surface area contributed by atoms with Crippen LogP contribution in [0, 0.1) is 0 Å². The summed E-state index contributed by atoms with van der Waals surface area (Å²) in [5.74, 6) is 0. The van der Waals surface area contributed by atoms with Gasteiger partial charge in [-0.2, -0.15) is 0 Å². The van der Waals surface area contributed by atoms with Crippen LogP contribution in [0.25, 0.3) is 0 Å². The Morgan fingerprint density at radius 1 is 1.42 bits per heavy atom. The van der Waals surface area contributed by atoms with Gasteiger partial charge in [-0.1, -0.05) is 45.7 Å². The minimum Gasteiger partial charge on any atom is -0.0885 e. The van der Waals surface area contributed by atoms with Gasteiger partial charge in [0.1, 0.15) is 0 Å². The lowest BCUT2D eigenvalue weighted by molar-refractivity contribution is 1.26. The number of allylic oxidation sites excluding steroid dienone is 1. The van der Waals surface area contributed by atoms with Crippen molar-refractivity contribution in [2.24, 2.45) is 0 Å². The van der Waals surface area contributed by atoms with Gasteiger partial charge in [0.25, 0.3) is 0 Å². The molecule has 1 aromatic rings. The quantitative estimate of drug-likeness (QED) is 0.742. The molecule has 0 radical (unpaired) electrons. The standard InChI is InChI=1S/C9H7BrCl2/c1-6(10)4-7-5-8(11)2-3-9(7)12/h2-3,5H,1,4H2. The van der Waals surface area contributed by atoms with Crippen LogP contribution >= 0.6 is 39.1 Å². The summed E-state index contributed by atoms with van der Waals surface area (Å²) in [5.41, 5.74) is 0.992. The largest absolute Gasteiger partial charge is 0.0885 e. The van der Waals surface area contributed by atoms with Crippen molar-refractivity contribution in [3.05, 3.63) is 44.9 Å². The average molecular weight is 266 g/mol. The van der Waals surface area contributed by atoms with E-state index < -0.39 is 0 Å². The molecule has 0 heterocycles. The zero-order chi connectivity index (χ0) is 9.14. The van der Waals surface area contributed by atoms with Crippen LogP contribution in [0.4, 0.5) is 0 Å². The molecule has 0 saturated heterocycles. The van der Waals surface area contributed by atoms with Crippen LogP contribution in [0.2, 0.25) is 10.0 Å². The Morgan fingerprint density at radius 2 is 2.08 bits per heavy atom. The average Bonchev–Trinajstić information content (AvgIpc) is 1.96. The molecule has 1 aromatic carbocycles. The smallest absolute Gasteiger partial charge is 0.0442 e. The van der Waals surface area contributed by atoms with Gasteiger partial charge in [0, 0.05) is 16.5 Å². The summed E-state index contributed by atoms with van der Waals surface area (Å²) in [4.78, 5) is 0. The fourth-order valence-electron chi connectivity index (χ4n) is 0.885. The van der Waals surface area contributed by atoms with E-state index in [0.717, 1.165) is 15.1 Å². The molecule has 0 atom stereocenters. The Balaban J connectivity index is 2.97. The van der Waals surface area contributed by atoms with Crippen LogP contribution in [-0.4, -0.2) is 0 Å². The number of hydrogen-bond acceptors (Lipinski definition) is 0. The predicted molar refractivity (Wildman–Crippen MR) is 58.2 cm³/mol. The molecule has 12 heavy (non-hydrogen) atoms. The van der Waals surface area contributed by atoms with E-state index in [1.807, 2.05) is 6.07 Å². The maximum Gasteiger partial charge on any atom is 0.0442 e. The molecule has 0 spiro atoms. The van der Waals surface area contributed by atoms with Crippen LogP contribution in [0.5, 0.6) is 0 Å². The molecular weight excluding hydrogens is 259 g/mol. The molecule has 0 fully saturated rings. The van der Waals surface area contributed by atoms with Crippen molar-refractivity contribution in [2.75, 3.05) is 0 Å². The first kappa shape index (κ1) is 10.1. The van der Waals surface area contributed by atoms with E-state index >= 15 is 0 Å². The van der Waals surface area contributed by atoms with E-state index in [-0.39, 0.29) is 0 Å². The van der Waals surface area contributed by atoms with E-state index in [1.54, 1.807) is 12.1 Å². The molecular formula is C9H7BrCl2. The zero-order valence-electron chi connectivity index (χ0n) is 6.28. The summed E-state index contributed by atoms with van der Waals surface area (Å²) in [7, 11) is 0. The summed E-state index contributed by atoms with van der Waals surface area (Å²) in [6.07, 6.45) is 0.708. The van der Waals surface area contributed by atoms with Crippen molar-refractivity contribution >= 4 is 39.1 Å². The number of rotatable bonds is 2. The first-order valence-electron chi connectivity index (χ1n) is 3.37. The fourth-order valence-corrected chi connectivity index (χ4v) is 1.57. The minimum atomic E-state index is 0.697. The van der Waals surface area contributed by atoms with E-state index in [0.29, 0.717) is 11.4 Å². The molecule has 0 aliphatic carbocycles. The van der Waals surface area contributed by atoms with Crippen molar-refractivity contribution in [1.29, 1.82) is 0 Å². The monoisotopic (exact) mass is 264 g/mol. The second-order valence-corrected chi connectivity index (χ2v) is 4.39. The van der Waals surface area contributed by atoms with Gasteiger partial charge in [-0.3, -0.25) is 0 Å². The van der Waals surface area contributed by atoms with Crippen LogP contribution in [0.3, 0.4) is 0 Å². The summed E-state index contributed by atoms with van der Waals surface area (Å²) >= 11 is 15.0. The maximum absolute atomic E-state index is 5.92. The zero-order valence-corrected chi connectivity index (χ0v) is 9.38. The highest BCUT2D eigenvalue weighted by molar-refractivity contribution is 9.11. The van der Waals surface area contributed by atoms with Crippen molar-refractivity contribution < 1.29 is 0 Å². The molecule has 0 saturated carbocycles. The Bertz CT molecular complexity index is 307. The third-order valence-corrected chi connectivity index (χ3v) is 2.27. The Morgan fingerprint density at radius 3 is 2.67 bits per heavy atom. The van der Waals surface area contributed by atoms with E-state index in [4.69, 9.17) is 23.2 Å². The third kappa shape index (κ3) is 2.81. The summed E-state index contributed by atoms with van der Waals surface area (Å²) in [6.45, 7) is 3.74. The SMILES string of the molecule is C=C(Br)Cc1cc(Cl)ccc1Cl. The molecule has 0 bridgehead atoms. The first-order chi connectivity index (χ1) is 5.59. The lowest BCUT2D eigenvalue weighted by Gasteiger charge is -2.02. The number of hydrogen-bond donors (Lipinski definition) is 0. The highest BCUT2D eigenvalue weighted by Gasteiger charge is 2.01. The van der Waals surface area contributed by atoms with Gasteiger partial charge in [0.2, 0.25) is 0 Å². The second-order valence-electron chi connectivity index (χ2n) is 2.43. The van der Waals surface area contributed by atoms with Crippen LogP contribution < -0.4 is 0 Å². The minimum absolute atomic E-state index is 0.697. The highest BCUT2D eigenvalue weighted by Crippen LogP contribution is 2.23. The fraction of sp³-hybridized carbons (Fsp3) is 0.111. The first-order valence-corrected chi connectivity index (χ1v) is 4.91. The lowest BCUT2D eigenvalue weighted by Crippen LogP contribution is -1.84. The second kappa shape index (κ2) is 4.31. The predicted octanol–water partition coefficient (Wildman–Crippen LogP) is 4.44. The van der Waals surface area contributed by atoms with Gasteiger partial charge in [-0.15, -0.1) is 0 Å². The molecule has 0 amide bonds. The van der Waals surface area contributed by atoms with Crippen LogP contribution in [0.1, 0.15) is 5.56 Å². The molecule has 0 N–H and O–H groups in total. The highest BCUT2D eigenvalue weighted by atomic mass is 79.9. The number of benzene rings is 1. The molecule has 64 valence electrons. The Hall–Kier alpha value is 0.0200. The molecule has 0 aromatic heterocycles. The normalized spacial score (nSPS) is 9.92. The molecule has 1 rings (SSSR count). The van der Waals surface area contributed by atoms with Gasteiger partial charge in [0.05, 0.1) is 0 Å². The van der Waals surface area contributed by atoms with E-state index in [2.05, 4.69) is 22.5 Å².